The summed E-state index contributed by atoms with van der Waals surface area (Å²) in [5, 5.41) is 14.3. The van der Waals surface area contributed by atoms with Crippen LogP contribution in [0.3, 0.4) is 0 Å². The molecular weight excluding hydrogens is 258 g/mol. The van der Waals surface area contributed by atoms with Crippen LogP contribution in [0.25, 0.3) is 10.8 Å². The van der Waals surface area contributed by atoms with E-state index in [1.54, 1.807) is 0 Å². The van der Waals surface area contributed by atoms with Crippen LogP contribution in [0.5, 0.6) is 0 Å². The van der Waals surface area contributed by atoms with E-state index in [0.29, 0.717) is 0 Å². The molecule has 0 spiro atoms. The predicted molar refractivity (Wildman–Crippen MR) is 87.4 cm³/mol. The number of benzene rings is 2. The Hall–Kier alpha value is -2.42. The van der Waals surface area contributed by atoms with E-state index in [4.69, 9.17) is 0 Å². The summed E-state index contributed by atoms with van der Waals surface area (Å²) in [6, 6.07) is 16.8. The zero-order valence-corrected chi connectivity index (χ0v) is 12.4. The van der Waals surface area contributed by atoms with Crippen LogP contribution in [0.1, 0.15) is 23.7 Å². The first-order valence-electron chi connectivity index (χ1n) is 7.32. The Kier molecular flexibility index (Phi) is 3.82. The fraction of sp³-hybridized carbons (Fsp3) is 0.222. The summed E-state index contributed by atoms with van der Waals surface area (Å²) >= 11 is 0. The molecule has 0 aliphatic carbocycles. The highest BCUT2D eigenvalue weighted by Crippen LogP contribution is 2.23. The molecule has 1 N–H and O–H groups in total. The van der Waals surface area contributed by atoms with Crippen molar-refractivity contribution in [2.24, 2.45) is 0 Å². The molecule has 0 amide bonds. The van der Waals surface area contributed by atoms with Gasteiger partial charge < -0.3 is 5.32 Å². The van der Waals surface area contributed by atoms with Crippen molar-refractivity contribution in [2.45, 2.75) is 26.8 Å². The number of fused-ring (bicyclic) bond motifs is 1. The van der Waals surface area contributed by atoms with Crippen molar-refractivity contribution in [1.29, 1.82) is 0 Å². The van der Waals surface area contributed by atoms with Gasteiger partial charge in [0.2, 0.25) is 0 Å². The topological polar surface area (TPSA) is 37.8 Å². The third kappa shape index (κ3) is 2.72. The first-order chi connectivity index (χ1) is 10.3. The van der Waals surface area contributed by atoms with Crippen LogP contribution in [0.2, 0.25) is 0 Å². The van der Waals surface area contributed by atoms with Gasteiger partial charge in [0.15, 0.2) is 5.82 Å². The average molecular weight is 277 g/mol. The maximum Gasteiger partial charge on any atom is 0.156 e. The number of aryl methyl sites for hydroxylation is 2. The lowest BCUT2D eigenvalue weighted by atomic mass is 10.1. The van der Waals surface area contributed by atoms with Crippen LogP contribution in [-0.2, 0) is 13.0 Å². The minimum absolute atomic E-state index is 0.770. The van der Waals surface area contributed by atoms with Gasteiger partial charge in [-0.3, -0.25) is 0 Å². The molecule has 2 aromatic carbocycles. The van der Waals surface area contributed by atoms with Gasteiger partial charge in [0.25, 0.3) is 0 Å². The van der Waals surface area contributed by atoms with Crippen molar-refractivity contribution in [3.05, 3.63) is 65.4 Å². The van der Waals surface area contributed by atoms with E-state index < -0.39 is 0 Å². The number of anilines is 1. The number of aromatic nitrogens is 2. The SMILES string of the molecule is CCc1ccccc1CNc1nnc(C)c2ccccc12. The van der Waals surface area contributed by atoms with Crippen LogP contribution in [-0.4, -0.2) is 10.2 Å². The lowest BCUT2D eigenvalue weighted by molar-refractivity contribution is 0.973. The number of nitrogens with zero attached hydrogens (tertiary/aromatic N) is 2. The summed E-state index contributed by atoms with van der Waals surface area (Å²) in [7, 11) is 0. The molecule has 0 unspecified atom stereocenters. The minimum Gasteiger partial charge on any atom is -0.364 e. The molecular formula is C18H19N3. The van der Waals surface area contributed by atoms with Crippen LogP contribution in [0.4, 0.5) is 5.82 Å². The minimum atomic E-state index is 0.770. The largest absolute Gasteiger partial charge is 0.364 e. The van der Waals surface area contributed by atoms with Gasteiger partial charge in [-0.2, -0.15) is 5.10 Å². The van der Waals surface area contributed by atoms with Crippen molar-refractivity contribution < 1.29 is 0 Å². The Morgan fingerprint density at radius 3 is 2.29 bits per heavy atom. The quantitative estimate of drug-likeness (QED) is 0.779. The van der Waals surface area contributed by atoms with E-state index in [1.807, 2.05) is 19.1 Å². The smallest absolute Gasteiger partial charge is 0.156 e. The summed E-state index contributed by atoms with van der Waals surface area (Å²) in [5.41, 5.74) is 3.64. The molecule has 3 rings (SSSR count). The number of hydrogen-bond acceptors (Lipinski definition) is 3. The fourth-order valence-electron chi connectivity index (χ4n) is 2.62. The van der Waals surface area contributed by atoms with Crippen molar-refractivity contribution in [3.63, 3.8) is 0 Å². The predicted octanol–water partition coefficient (Wildman–Crippen LogP) is 4.11. The molecule has 1 aromatic heterocycles. The highest BCUT2D eigenvalue weighted by atomic mass is 15.2. The molecule has 0 fully saturated rings. The molecule has 3 nitrogen and oxygen atoms in total. The van der Waals surface area contributed by atoms with Gasteiger partial charge >= 0.3 is 0 Å². The van der Waals surface area contributed by atoms with Gasteiger partial charge in [0, 0.05) is 17.3 Å². The van der Waals surface area contributed by atoms with Crippen LogP contribution < -0.4 is 5.32 Å². The Labute approximate surface area is 125 Å². The van der Waals surface area contributed by atoms with E-state index in [1.165, 1.54) is 11.1 Å². The molecule has 1 heterocycles. The molecule has 0 saturated heterocycles. The summed E-state index contributed by atoms with van der Waals surface area (Å²) in [4.78, 5) is 0. The Morgan fingerprint density at radius 1 is 0.857 bits per heavy atom. The van der Waals surface area contributed by atoms with E-state index in [9.17, 15) is 0 Å². The van der Waals surface area contributed by atoms with Crippen molar-refractivity contribution in [3.8, 4) is 0 Å². The second-order valence-electron chi connectivity index (χ2n) is 5.16. The summed E-state index contributed by atoms with van der Waals surface area (Å²) in [5.74, 6) is 0.849. The second-order valence-corrected chi connectivity index (χ2v) is 5.16. The van der Waals surface area contributed by atoms with Gasteiger partial charge in [-0.05, 0) is 24.5 Å². The second kappa shape index (κ2) is 5.92. The van der Waals surface area contributed by atoms with E-state index in [0.717, 1.165) is 35.2 Å². The van der Waals surface area contributed by atoms with Crippen molar-refractivity contribution in [2.75, 3.05) is 5.32 Å². The monoisotopic (exact) mass is 277 g/mol. The van der Waals surface area contributed by atoms with E-state index in [2.05, 4.69) is 58.8 Å². The van der Waals surface area contributed by atoms with Gasteiger partial charge in [0.1, 0.15) is 0 Å². The fourth-order valence-corrected chi connectivity index (χ4v) is 2.62. The molecule has 3 aromatic rings. The highest BCUT2D eigenvalue weighted by molar-refractivity contribution is 5.92. The zero-order valence-electron chi connectivity index (χ0n) is 12.4. The van der Waals surface area contributed by atoms with Gasteiger partial charge in [-0.15, -0.1) is 5.10 Å². The third-order valence-electron chi connectivity index (χ3n) is 3.82. The summed E-state index contributed by atoms with van der Waals surface area (Å²) in [6.45, 7) is 4.94. The number of nitrogens with one attached hydrogen (secondary N) is 1. The van der Waals surface area contributed by atoms with Crippen LogP contribution in [0, 0.1) is 6.92 Å². The maximum atomic E-state index is 4.32. The lowest BCUT2D eigenvalue weighted by Gasteiger charge is -2.11. The highest BCUT2D eigenvalue weighted by Gasteiger charge is 2.06. The summed E-state index contributed by atoms with van der Waals surface area (Å²) < 4.78 is 0. The molecule has 0 atom stereocenters. The van der Waals surface area contributed by atoms with Crippen LogP contribution in [0.15, 0.2) is 48.5 Å². The molecule has 21 heavy (non-hydrogen) atoms. The third-order valence-corrected chi connectivity index (χ3v) is 3.82. The van der Waals surface area contributed by atoms with Crippen molar-refractivity contribution >= 4 is 16.6 Å². The first-order valence-corrected chi connectivity index (χ1v) is 7.32. The average Bonchev–Trinajstić information content (AvgIpc) is 2.55. The molecule has 0 aliphatic heterocycles. The first kappa shape index (κ1) is 13.6. The van der Waals surface area contributed by atoms with E-state index >= 15 is 0 Å². The number of hydrogen-bond donors (Lipinski definition) is 1. The molecule has 0 saturated carbocycles. The molecule has 3 heteroatoms. The molecule has 0 radical (unpaired) electrons. The lowest BCUT2D eigenvalue weighted by Crippen LogP contribution is -2.06. The Morgan fingerprint density at radius 2 is 1.52 bits per heavy atom. The zero-order chi connectivity index (χ0) is 14.7. The van der Waals surface area contributed by atoms with E-state index in [-0.39, 0.29) is 0 Å². The maximum absolute atomic E-state index is 4.32. The van der Waals surface area contributed by atoms with Gasteiger partial charge in [0.05, 0.1) is 5.69 Å². The molecule has 0 bridgehead atoms. The molecule has 106 valence electrons. The van der Waals surface area contributed by atoms with Gasteiger partial charge in [-0.25, -0.2) is 0 Å². The normalized spacial score (nSPS) is 10.8. The summed E-state index contributed by atoms with van der Waals surface area (Å²) in [6.07, 6.45) is 1.04. The Balaban J connectivity index is 1.91. The van der Waals surface area contributed by atoms with Crippen molar-refractivity contribution in [1.82, 2.24) is 10.2 Å². The number of rotatable bonds is 4. The standard InChI is InChI=1S/C18H19N3/c1-3-14-8-4-5-9-15(14)12-19-18-17-11-7-6-10-16(17)13(2)20-21-18/h4-11H,3,12H2,1-2H3,(H,19,21). The Bertz CT molecular complexity index is 765. The van der Waals surface area contributed by atoms with Gasteiger partial charge in [-0.1, -0.05) is 55.5 Å². The molecule has 0 aliphatic rings. The van der Waals surface area contributed by atoms with Crippen LogP contribution >= 0.6 is 0 Å².